The molecule has 0 bridgehead atoms. The maximum absolute atomic E-state index is 13.6. The van der Waals surface area contributed by atoms with E-state index >= 15 is 0 Å². The van der Waals surface area contributed by atoms with Crippen LogP contribution in [0.15, 0.2) is 79.1 Å². The largest absolute Gasteiger partial charge is 0.396 e. The first-order valence-electron chi connectivity index (χ1n) is 12.4. The lowest BCUT2D eigenvalue weighted by atomic mass is 9.98. The Labute approximate surface area is 207 Å². The SMILES string of the molecule is CCN(CCCCO)C(=O)C(CC1=CCc2ccccc21)Nc1ccc(Nc2ccncc2)cc1. The fraction of sp³-hybridized carbons (Fsp3) is 0.310. The van der Waals surface area contributed by atoms with E-state index in [4.69, 9.17) is 5.11 Å². The molecule has 1 aromatic heterocycles. The van der Waals surface area contributed by atoms with Gasteiger partial charge in [0.05, 0.1) is 0 Å². The van der Waals surface area contributed by atoms with Crippen molar-refractivity contribution in [2.24, 2.45) is 0 Å². The van der Waals surface area contributed by atoms with Crippen LogP contribution in [0.1, 0.15) is 37.3 Å². The molecule has 6 heteroatoms. The van der Waals surface area contributed by atoms with Crippen LogP contribution in [0.2, 0.25) is 0 Å². The van der Waals surface area contributed by atoms with Gasteiger partial charge in [0.25, 0.3) is 0 Å². The summed E-state index contributed by atoms with van der Waals surface area (Å²) in [4.78, 5) is 19.6. The number of benzene rings is 2. The number of pyridine rings is 1. The lowest BCUT2D eigenvalue weighted by Gasteiger charge is -2.28. The monoisotopic (exact) mass is 470 g/mol. The van der Waals surface area contributed by atoms with Crippen LogP contribution in [0.5, 0.6) is 0 Å². The maximum Gasteiger partial charge on any atom is 0.245 e. The van der Waals surface area contributed by atoms with E-state index < -0.39 is 0 Å². The predicted molar refractivity (Wildman–Crippen MR) is 143 cm³/mol. The molecule has 35 heavy (non-hydrogen) atoms. The van der Waals surface area contributed by atoms with E-state index in [1.807, 2.05) is 48.2 Å². The van der Waals surface area contributed by atoms with Crippen LogP contribution in [0, 0.1) is 0 Å². The van der Waals surface area contributed by atoms with Crippen molar-refractivity contribution in [1.29, 1.82) is 0 Å². The molecule has 1 unspecified atom stereocenters. The highest BCUT2D eigenvalue weighted by Crippen LogP contribution is 2.32. The Morgan fingerprint density at radius 1 is 1.00 bits per heavy atom. The Balaban J connectivity index is 1.50. The number of unbranched alkanes of at least 4 members (excludes halogenated alkanes) is 1. The number of nitrogens with zero attached hydrogens (tertiary/aromatic N) is 2. The summed E-state index contributed by atoms with van der Waals surface area (Å²) in [6.07, 6.45) is 8.79. The zero-order valence-corrected chi connectivity index (χ0v) is 20.3. The molecule has 2 aromatic carbocycles. The lowest BCUT2D eigenvalue weighted by Crippen LogP contribution is -2.43. The van der Waals surface area contributed by atoms with Gasteiger partial charge in [-0.2, -0.15) is 0 Å². The van der Waals surface area contributed by atoms with Crippen molar-refractivity contribution in [1.82, 2.24) is 9.88 Å². The maximum atomic E-state index is 13.6. The molecule has 1 aliphatic rings. The first kappa shape index (κ1) is 24.5. The van der Waals surface area contributed by atoms with E-state index in [0.29, 0.717) is 25.9 Å². The van der Waals surface area contributed by atoms with Gasteiger partial charge >= 0.3 is 0 Å². The number of amides is 1. The summed E-state index contributed by atoms with van der Waals surface area (Å²) in [5.74, 6) is 0.0923. The lowest BCUT2D eigenvalue weighted by molar-refractivity contribution is -0.131. The van der Waals surface area contributed by atoms with Crippen molar-refractivity contribution in [3.8, 4) is 0 Å². The molecule has 3 N–H and O–H groups in total. The quantitative estimate of drug-likeness (QED) is 0.315. The minimum atomic E-state index is -0.375. The third-order valence-corrected chi connectivity index (χ3v) is 6.38. The Bertz CT molecular complexity index is 1130. The Kier molecular flexibility index (Phi) is 8.52. The molecular formula is C29H34N4O2. The average Bonchev–Trinajstić information content (AvgIpc) is 3.30. The molecule has 1 heterocycles. The van der Waals surface area contributed by atoms with Gasteiger partial charge in [0.15, 0.2) is 0 Å². The highest BCUT2D eigenvalue weighted by atomic mass is 16.3. The molecular weight excluding hydrogens is 436 g/mol. The van der Waals surface area contributed by atoms with E-state index in [2.05, 4.69) is 46.0 Å². The van der Waals surface area contributed by atoms with Gasteiger partial charge in [-0.3, -0.25) is 9.78 Å². The second kappa shape index (κ2) is 12.2. The number of nitrogens with one attached hydrogen (secondary N) is 2. The third-order valence-electron chi connectivity index (χ3n) is 6.38. The summed E-state index contributed by atoms with van der Waals surface area (Å²) < 4.78 is 0. The van der Waals surface area contributed by atoms with Crippen LogP contribution >= 0.6 is 0 Å². The summed E-state index contributed by atoms with van der Waals surface area (Å²) in [6.45, 7) is 3.46. The molecule has 4 rings (SSSR count). The van der Waals surface area contributed by atoms with Crippen LogP contribution in [0.25, 0.3) is 5.57 Å². The Hall–Kier alpha value is -3.64. The van der Waals surface area contributed by atoms with Crippen molar-refractivity contribution < 1.29 is 9.90 Å². The van der Waals surface area contributed by atoms with E-state index in [9.17, 15) is 4.79 Å². The van der Waals surface area contributed by atoms with Crippen molar-refractivity contribution in [3.63, 3.8) is 0 Å². The van der Waals surface area contributed by atoms with Crippen LogP contribution in [0.4, 0.5) is 17.1 Å². The number of carbonyl (C=O) groups is 1. The average molecular weight is 471 g/mol. The summed E-state index contributed by atoms with van der Waals surface area (Å²) in [5, 5.41) is 16.0. The molecule has 6 nitrogen and oxygen atoms in total. The van der Waals surface area contributed by atoms with Crippen molar-refractivity contribution in [2.45, 2.75) is 38.6 Å². The van der Waals surface area contributed by atoms with Crippen molar-refractivity contribution in [2.75, 3.05) is 30.3 Å². The van der Waals surface area contributed by atoms with E-state index in [-0.39, 0.29) is 18.6 Å². The second-order valence-electron chi connectivity index (χ2n) is 8.78. The van der Waals surface area contributed by atoms with Crippen molar-refractivity contribution in [3.05, 3.63) is 90.3 Å². The van der Waals surface area contributed by atoms with Gasteiger partial charge in [0, 0.05) is 55.6 Å². The van der Waals surface area contributed by atoms with Crippen LogP contribution < -0.4 is 10.6 Å². The fourth-order valence-electron chi connectivity index (χ4n) is 4.48. The van der Waals surface area contributed by atoms with Gasteiger partial charge in [-0.1, -0.05) is 30.3 Å². The molecule has 1 amide bonds. The molecule has 0 radical (unpaired) electrons. The first-order chi connectivity index (χ1) is 17.2. The summed E-state index contributed by atoms with van der Waals surface area (Å²) in [5.41, 5.74) is 6.62. The number of rotatable bonds is 12. The normalized spacial score (nSPS) is 13.0. The van der Waals surface area contributed by atoms with E-state index in [0.717, 1.165) is 29.9 Å². The smallest absolute Gasteiger partial charge is 0.245 e. The molecule has 0 saturated heterocycles. The molecule has 182 valence electrons. The van der Waals surface area contributed by atoms with Crippen LogP contribution in [-0.4, -0.2) is 46.6 Å². The molecule has 0 fully saturated rings. The van der Waals surface area contributed by atoms with Crippen LogP contribution in [0.3, 0.4) is 0 Å². The summed E-state index contributed by atoms with van der Waals surface area (Å²) in [7, 11) is 0. The fourth-order valence-corrected chi connectivity index (χ4v) is 4.48. The summed E-state index contributed by atoms with van der Waals surface area (Å²) in [6, 6.07) is 19.9. The van der Waals surface area contributed by atoms with Crippen molar-refractivity contribution >= 4 is 28.5 Å². The molecule has 0 saturated carbocycles. The highest BCUT2D eigenvalue weighted by molar-refractivity contribution is 5.88. The number of anilines is 3. The minimum Gasteiger partial charge on any atom is -0.396 e. The number of fused-ring (bicyclic) bond motifs is 1. The van der Waals surface area contributed by atoms with E-state index in [1.54, 1.807) is 12.4 Å². The van der Waals surface area contributed by atoms with Crippen LogP contribution in [-0.2, 0) is 11.2 Å². The number of allylic oxidation sites excluding steroid dienone is 1. The minimum absolute atomic E-state index is 0.0923. The topological polar surface area (TPSA) is 77.5 Å². The van der Waals surface area contributed by atoms with Gasteiger partial charge in [-0.05, 0) is 79.3 Å². The highest BCUT2D eigenvalue weighted by Gasteiger charge is 2.26. The number of aliphatic hydroxyl groups is 1. The number of hydrogen-bond acceptors (Lipinski definition) is 5. The van der Waals surface area contributed by atoms with E-state index in [1.165, 1.54) is 16.7 Å². The molecule has 1 aliphatic carbocycles. The first-order valence-corrected chi connectivity index (χ1v) is 12.4. The zero-order valence-electron chi connectivity index (χ0n) is 20.3. The molecule has 1 atom stereocenters. The number of aliphatic hydroxyl groups excluding tert-OH is 1. The van der Waals surface area contributed by atoms with Gasteiger partial charge in [0.1, 0.15) is 6.04 Å². The number of likely N-dealkylation sites (N-methyl/N-ethyl adjacent to an activating group) is 1. The van der Waals surface area contributed by atoms with Gasteiger partial charge in [-0.15, -0.1) is 0 Å². The van der Waals surface area contributed by atoms with Gasteiger partial charge < -0.3 is 20.6 Å². The van der Waals surface area contributed by atoms with Gasteiger partial charge in [0.2, 0.25) is 5.91 Å². The third kappa shape index (κ3) is 6.49. The molecule has 3 aromatic rings. The Morgan fingerprint density at radius 2 is 1.71 bits per heavy atom. The standard InChI is InChI=1S/C29H34N4O2/c1-2-33(19-5-6-20-34)29(35)28(21-23-10-9-22-7-3-4-8-27(22)23)32-25-13-11-24(12-14-25)31-26-15-17-30-18-16-26/h3-4,7-8,10-18,28,32,34H,2,5-6,9,19-21H2,1H3,(H,30,31). The Morgan fingerprint density at radius 3 is 2.46 bits per heavy atom. The summed E-state index contributed by atoms with van der Waals surface area (Å²) >= 11 is 0. The number of hydrogen-bond donors (Lipinski definition) is 3. The molecule has 0 spiro atoms. The van der Waals surface area contributed by atoms with Gasteiger partial charge in [-0.25, -0.2) is 0 Å². The molecule has 0 aliphatic heterocycles. The second-order valence-corrected chi connectivity index (χ2v) is 8.78. The predicted octanol–water partition coefficient (Wildman–Crippen LogP) is 5.26. The number of carbonyl (C=O) groups excluding carboxylic acids is 1. The number of aromatic nitrogens is 1. The zero-order chi connectivity index (χ0) is 24.5.